The van der Waals surface area contributed by atoms with Crippen LogP contribution in [0, 0.1) is 6.92 Å². The largest absolute Gasteiger partial charge is 0.472 e. The molecule has 0 fully saturated rings. The molecule has 252 valence electrons. The molecule has 4 heterocycles. The highest BCUT2D eigenvalue weighted by atomic mass is 35.5. The highest BCUT2D eigenvalue weighted by molar-refractivity contribution is 6.30. The van der Waals surface area contributed by atoms with E-state index in [1.165, 1.54) is 18.8 Å². The standard InChI is InChI=1S/C38H27Cl2N7O4/c1-23-32(38(49)42-35-30-4-2-3-5-33(30)45(43-35)19-24-6-10-27(39)11-7-24)22-51-47(23)29-14-15-34-31(18-29)36(41-37(48)26-16-17-50-21-26)44-46(34)20-25-8-12-28(40)13-9-25/h2-18,21-22H,19-20H2,1H3,(H-,41,42,43,44,48,49)/p+1. The van der Waals surface area contributed by atoms with Gasteiger partial charge in [-0.3, -0.25) is 19.0 Å². The SMILES string of the molecule is Cc1c(C(=O)Nc2nn(Cc3ccc(Cl)cc3)c3ccccc23)co[n+]1-c1ccc2c(c1)c(NC(=O)c1ccoc1)nn2Cc1ccc(Cl)cc1. The Hall–Kier alpha value is -6.17. The van der Waals surface area contributed by atoms with Crippen LogP contribution in [-0.2, 0) is 13.1 Å². The van der Waals surface area contributed by atoms with Crippen LogP contribution in [0.25, 0.3) is 27.5 Å². The maximum atomic E-state index is 13.7. The van der Waals surface area contributed by atoms with Crippen LogP contribution in [0.5, 0.6) is 0 Å². The van der Waals surface area contributed by atoms with Crippen molar-refractivity contribution in [3.8, 4) is 5.69 Å². The molecular weight excluding hydrogens is 689 g/mol. The predicted molar refractivity (Wildman–Crippen MR) is 194 cm³/mol. The number of carbonyl (C=O) groups excluding carboxylic acids is 2. The van der Waals surface area contributed by atoms with Gasteiger partial charge in [-0.15, -0.1) is 0 Å². The van der Waals surface area contributed by atoms with Crippen LogP contribution in [0.3, 0.4) is 0 Å². The molecule has 2 N–H and O–H groups in total. The smallest absolute Gasteiger partial charge is 0.266 e. The molecule has 0 atom stereocenters. The molecule has 11 nitrogen and oxygen atoms in total. The van der Waals surface area contributed by atoms with Crippen LogP contribution in [0.4, 0.5) is 11.6 Å². The Kier molecular flexibility index (Phi) is 8.34. The van der Waals surface area contributed by atoms with Gasteiger partial charge >= 0.3 is 0 Å². The fourth-order valence-electron chi connectivity index (χ4n) is 5.97. The zero-order valence-corrected chi connectivity index (χ0v) is 28.5. The fourth-order valence-corrected chi connectivity index (χ4v) is 6.22. The molecule has 4 aromatic heterocycles. The van der Waals surface area contributed by atoms with Gasteiger partial charge in [-0.05, 0) is 59.7 Å². The van der Waals surface area contributed by atoms with Crippen molar-refractivity contribution in [2.75, 3.05) is 10.6 Å². The number of fused-ring (bicyclic) bond motifs is 2. The number of hydrogen-bond acceptors (Lipinski definition) is 6. The van der Waals surface area contributed by atoms with E-state index in [1.54, 1.807) is 17.7 Å². The van der Waals surface area contributed by atoms with Gasteiger partial charge in [0.2, 0.25) is 5.69 Å². The van der Waals surface area contributed by atoms with Crippen molar-refractivity contribution in [3.63, 3.8) is 0 Å². The highest BCUT2D eigenvalue weighted by Crippen LogP contribution is 2.28. The molecule has 0 aliphatic rings. The number of furan rings is 1. The summed E-state index contributed by atoms with van der Waals surface area (Å²) in [5.74, 6) is 0.0537. The second kappa shape index (κ2) is 13.3. The van der Waals surface area contributed by atoms with Gasteiger partial charge in [0.1, 0.15) is 6.26 Å². The second-order valence-electron chi connectivity index (χ2n) is 11.9. The molecule has 0 aliphatic carbocycles. The lowest BCUT2D eigenvalue weighted by Crippen LogP contribution is -2.32. The van der Waals surface area contributed by atoms with Gasteiger partial charge < -0.3 is 15.1 Å². The van der Waals surface area contributed by atoms with E-state index in [2.05, 4.69) is 10.6 Å². The van der Waals surface area contributed by atoms with Gasteiger partial charge in [-0.1, -0.05) is 59.6 Å². The summed E-state index contributed by atoms with van der Waals surface area (Å²) in [5.41, 5.74) is 5.54. The monoisotopic (exact) mass is 716 g/mol. The Morgan fingerprint density at radius 3 is 1.98 bits per heavy atom. The lowest BCUT2D eigenvalue weighted by Gasteiger charge is -2.04. The topological polar surface area (TPSA) is 124 Å². The van der Waals surface area contributed by atoms with Crippen LogP contribution < -0.4 is 15.4 Å². The molecule has 0 aliphatic heterocycles. The van der Waals surface area contributed by atoms with Crippen LogP contribution in [0.1, 0.15) is 37.5 Å². The van der Waals surface area contributed by atoms with Crippen LogP contribution in [0.2, 0.25) is 10.0 Å². The van der Waals surface area contributed by atoms with E-state index in [0.717, 1.165) is 27.5 Å². The second-order valence-corrected chi connectivity index (χ2v) is 12.8. The van der Waals surface area contributed by atoms with Crippen LogP contribution >= 0.6 is 23.2 Å². The van der Waals surface area contributed by atoms with Crippen molar-refractivity contribution in [2.45, 2.75) is 20.0 Å². The quantitative estimate of drug-likeness (QED) is 0.146. The van der Waals surface area contributed by atoms with Crippen molar-refractivity contribution in [3.05, 3.63) is 154 Å². The van der Waals surface area contributed by atoms with E-state index in [4.69, 9.17) is 42.3 Å². The average Bonchev–Trinajstić information content (AvgIpc) is 3.94. The van der Waals surface area contributed by atoms with Gasteiger partial charge in [0.25, 0.3) is 17.5 Å². The number of hydrogen-bond donors (Lipinski definition) is 2. The van der Waals surface area contributed by atoms with Gasteiger partial charge in [0.05, 0.1) is 41.3 Å². The molecular formula is C38H28Cl2N7O4+. The van der Waals surface area contributed by atoms with Crippen LogP contribution in [-0.4, -0.2) is 31.4 Å². The summed E-state index contributed by atoms with van der Waals surface area (Å²) >= 11 is 12.2. The molecule has 8 rings (SSSR count). The van der Waals surface area contributed by atoms with Gasteiger partial charge in [-0.25, -0.2) is 4.52 Å². The fraction of sp³-hybridized carbons (Fsp3) is 0.0789. The molecule has 8 aromatic rings. The predicted octanol–water partition coefficient (Wildman–Crippen LogP) is 8.07. The third kappa shape index (κ3) is 6.36. The Balaban J connectivity index is 1.10. The number of para-hydroxylation sites is 1. The molecule has 0 saturated heterocycles. The normalized spacial score (nSPS) is 11.4. The van der Waals surface area contributed by atoms with Crippen molar-refractivity contribution < 1.29 is 23.3 Å². The number of benzene rings is 4. The average molecular weight is 718 g/mol. The molecule has 0 unspecified atom stereocenters. The summed E-state index contributed by atoms with van der Waals surface area (Å²) in [7, 11) is 0. The zero-order chi connectivity index (χ0) is 35.1. The van der Waals surface area contributed by atoms with E-state index in [1.807, 2.05) is 100 Å². The minimum absolute atomic E-state index is 0.332. The lowest BCUT2D eigenvalue weighted by atomic mass is 10.2. The van der Waals surface area contributed by atoms with E-state index < -0.39 is 0 Å². The van der Waals surface area contributed by atoms with E-state index in [9.17, 15) is 9.59 Å². The minimum atomic E-state index is -0.373. The Labute approximate surface area is 300 Å². The third-order valence-electron chi connectivity index (χ3n) is 8.58. The first-order valence-electron chi connectivity index (χ1n) is 15.9. The zero-order valence-electron chi connectivity index (χ0n) is 27.0. The molecule has 51 heavy (non-hydrogen) atoms. The van der Waals surface area contributed by atoms with E-state index in [0.29, 0.717) is 62.7 Å². The van der Waals surface area contributed by atoms with Gasteiger partial charge in [-0.2, -0.15) is 10.2 Å². The summed E-state index contributed by atoms with van der Waals surface area (Å²) in [6.07, 6.45) is 4.21. The molecule has 0 bridgehead atoms. The maximum absolute atomic E-state index is 13.7. The van der Waals surface area contributed by atoms with E-state index >= 15 is 0 Å². The van der Waals surface area contributed by atoms with Crippen molar-refractivity contribution >= 4 is 68.5 Å². The molecule has 0 radical (unpaired) electrons. The number of amides is 2. The minimum Gasteiger partial charge on any atom is -0.472 e. The molecule has 2 amide bonds. The maximum Gasteiger partial charge on any atom is 0.266 e. The summed E-state index contributed by atoms with van der Waals surface area (Å²) in [6.45, 7) is 2.74. The van der Waals surface area contributed by atoms with Crippen molar-refractivity contribution in [2.24, 2.45) is 0 Å². The molecule has 13 heteroatoms. The molecule has 0 spiro atoms. The highest BCUT2D eigenvalue weighted by Gasteiger charge is 2.28. The first kappa shape index (κ1) is 32.1. The van der Waals surface area contributed by atoms with E-state index in [-0.39, 0.29) is 11.8 Å². The van der Waals surface area contributed by atoms with Crippen LogP contribution in [0.15, 0.2) is 125 Å². The number of nitrogens with one attached hydrogen (secondary N) is 2. The summed E-state index contributed by atoms with van der Waals surface area (Å²) in [5, 5.41) is 18.2. The number of rotatable bonds is 9. The summed E-state index contributed by atoms with van der Waals surface area (Å²) in [6, 6.07) is 30.0. The third-order valence-corrected chi connectivity index (χ3v) is 9.08. The Bertz CT molecular complexity index is 2550. The summed E-state index contributed by atoms with van der Waals surface area (Å²) in [4.78, 5) is 26.7. The number of aromatic nitrogens is 5. The number of halogens is 2. The Morgan fingerprint density at radius 1 is 0.725 bits per heavy atom. The molecule has 0 saturated carbocycles. The first-order chi connectivity index (χ1) is 24.8. The Morgan fingerprint density at radius 2 is 1.33 bits per heavy atom. The first-order valence-corrected chi connectivity index (χ1v) is 16.7. The lowest BCUT2D eigenvalue weighted by molar-refractivity contribution is -0.788. The van der Waals surface area contributed by atoms with Crippen molar-refractivity contribution in [1.82, 2.24) is 19.6 Å². The van der Waals surface area contributed by atoms with Crippen molar-refractivity contribution in [1.29, 1.82) is 0 Å². The number of carbonyl (C=O) groups is 2. The summed E-state index contributed by atoms with van der Waals surface area (Å²) < 4.78 is 16.3. The number of anilines is 2. The molecule has 4 aromatic carbocycles. The van der Waals surface area contributed by atoms with Gasteiger partial charge in [0.15, 0.2) is 23.5 Å². The van der Waals surface area contributed by atoms with Gasteiger partial charge in [0, 0.05) is 39.2 Å². The number of nitrogens with zero attached hydrogens (tertiary/aromatic N) is 5.